The zero-order valence-corrected chi connectivity index (χ0v) is 4.60. The van der Waals surface area contributed by atoms with E-state index >= 15 is 0 Å². The molecule has 0 amide bonds. The molecule has 0 atom stereocenters. The Kier molecular flexibility index (Phi) is 5.18. The molecule has 0 aliphatic carbocycles. The van der Waals surface area contributed by atoms with Gasteiger partial charge in [-0.05, 0) is 0 Å². The van der Waals surface area contributed by atoms with Gasteiger partial charge in [-0.25, -0.2) is 8.42 Å². The molecule has 0 spiro atoms. The van der Waals surface area contributed by atoms with Crippen LogP contribution in [-0.4, -0.2) is 24.0 Å². The van der Waals surface area contributed by atoms with Crippen LogP contribution in [0.25, 0.3) is 0 Å². The van der Waals surface area contributed by atoms with Crippen LogP contribution in [-0.2, 0) is 10.1 Å². The molecule has 0 aliphatic heterocycles. The predicted molar refractivity (Wildman–Crippen MR) is 16.8 cm³/mol. The Labute approximate surface area is 53.5 Å². The van der Waals surface area contributed by atoms with Gasteiger partial charge in [0.15, 0.2) is 0 Å². The maximum atomic E-state index is 9.19. The fourth-order valence-corrected chi connectivity index (χ4v) is 0. The molecule has 0 saturated heterocycles. The number of aliphatic hydroxyl groups excluding tert-OH is 1. The van der Waals surface area contributed by atoms with Crippen LogP contribution >= 0.6 is 0 Å². The summed E-state index contributed by atoms with van der Waals surface area (Å²) in [7, 11) is -4.36. The van der Waals surface area contributed by atoms with E-state index in [0.29, 0.717) is 0 Å². The van der Waals surface area contributed by atoms with Gasteiger partial charge >= 0.3 is 18.9 Å². The summed E-state index contributed by atoms with van der Waals surface area (Å²) in [6, 6.07) is 0. The molecule has 0 aromatic rings. The molecule has 0 aromatic heterocycles. The Balaban J connectivity index is 0. The first-order valence-corrected chi connectivity index (χ1v) is 2.68. The van der Waals surface area contributed by atoms with E-state index in [1.807, 2.05) is 0 Å². The van der Waals surface area contributed by atoms with E-state index < -0.39 is 16.1 Å². The molecule has 0 heterocycles. The third-order valence-electron chi connectivity index (χ3n) is 0.158. The van der Waals surface area contributed by atoms with Gasteiger partial charge < -0.3 is 9.66 Å². The van der Waals surface area contributed by atoms with Crippen molar-refractivity contribution in [2.24, 2.45) is 0 Å². The van der Waals surface area contributed by atoms with Crippen molar-refractivity contribution >= 4 is 10.1 Å². The van der Waals surface area contributed by atoms with Crippen molar-refractivity contribution < 1.29 is 36.9 Å². The third kappa shape index (κ3) is 10.7. The average Bonchev–Trinajstić information content (AvgIpc) is 1.35. The van der Waals surface area contributed by atoms with Crippen LogP contribution in [0, 0.1) is 0 Å². The second-order valence-electron chi connectivity index (χ2n) is 0.687. The van der Waals surface area contributed by atoms with E-state index in [9.17, 15) is 13.0 Å². The van der Waals surface area contributed by atoms with E-state index in [4.69, 9.17) is 5.11 Å². The molecule has 0 rings (SSSR count). The summed E-state index contributed by atoms with van der Waals surface area (Å²) in [6.07, 6.45) is 0. The minimum Gasteiger partial charge on any atom is -0.746 e. The topological polar surface area (TPSA) is 77.4 Å². The molecule has 0 radical (unpaired) electrons. The molecule has 0 aromatic carbocycles. The second-order valence-corrected chi connectivity index (χ2v) is 2.06. The zero-order chi connectivity index (χ0) is 5.21. The largest absolute Gasteiger partial charge is 1.00 e. The van der Waals surface area contributed by atoms with Crippen molar-refractivity contribution in [1.82, 2.24) is 0 Å². The monoisotopic (exact) mass is 118 g/mol. The number of hydrogen-bond acceptors (Lipinski definition) is 4. The van der Waals surface area contributed by atoms with Crippen molar-refractivity contribution in [1.29, 1.82) is 0 Å². The molecular formula is CH3LiO4S. The fourth-order valence-electron chi connectivity index (χ4n) is 0. The van der Waals surface area contributed by atoms with Crippen LogP contribution in [0.15, 0.2) is 0 Å². The summed E-state index contributed by atoms with van der Waals surface area (Å²) in [6.45, 7) is 0. The molecule has 38 valence electrons. The van der Waals surface area contributed by atoms with Gasteiger partial charge in [0.25, 0.3) is 0 Å². The summed E-state index contributed by atoms with van der Waals surface area (Å²) in [5.74, 6) is -1.31. The number of hydrogen-bond donors (Lipinski definition) is 1. The van der Waals surface area contributed by atoms with Crippen LogP contribution in [0.3, 0.4) is 0 Å². The van der Waals surface area contributed by atoms with Crippen LogP contribution in [0.5, 0.6) is 0 Å². The van der Waals surface area contributed by atoms with Crippen LogP contribution < -0.4 is 18.9 Å². The van der Waals surface area contributed by atoms with Crippen molar-refractivity contribution in [2.75, 3.05) is 5.94 Å². The van der Waals surface area contributed by atoms with E-state index in [-0.39, 0.29) is 18.9 Å². The minimum absolute atomic E-state index is 0. The summed E-state index contributed by atoms with van der Waals surface area (Å²) in [4.78, 5) is 0. The van der Waals surface area contributed by atoms with Gasteiger partial charge in [-0.1, -0.05) is 0 Å². The first-order valence-electron chi connectivity index (χ1n) is 1.10. The number of aliphatic hydroxyl groups is 1. The van der Waals surface area contributed by atoms with Gasteiger partial charge in [-0.3, -0.25) is 0 Å². The molecule has 0 bridgehead atoms. The van der Waals surface area contributed by atoms with Crippen LogP contribution in [0.1, 0.15) is 0 Å². The Morgan fingerprint density at radius 2 is 1.71 bits per heavy atom. The van der Waals surface area contributed by atoms with Gasteiger partial charge in [-0.15, -0.1) is 0 Å². The summed E-state index contributed by atoms with van der Waals surface area (Å²) >= 11 is 0. The maximum absolute atomic E-state index is 9.19. The molecule has 6 heteroatoms. The predicted octanol–water partition coefficient (Wildman–Crippen LogP) is -4.51. The molecule has 7 heavy (non-hydrogen) atoms. The normalized spacial score (nSPS) is 10.0. The smallest absolute Gasteiger partial charge is 0.746 e. The first-order chi connectivity index (χ1) is 2.56. The molecule has 0 aliphatic rings. The molecule has 0 fully saturated rings. The van der Waals surface area contributed by atoms with E-state index in [0.717, 1.165) is 0 Å². The number of rotatable bonds is 1. The molecule has 0 unspecified atom stereocenters. The Hall–Kier alpha value is 0.467. The van der Waals surface area contributed by atoms with Gasteiger partial charge in [0.2, 0.25) is 0 Å². The van der Waals surface area contributed by atoms with Crippen molar-refractivity contribution in [3.8, 4) is 0 Å². The maximum Gasteiger partial charge on any atom is 1.00 e. The molecule has 4 nitrogen and oxygen atoms in total. The van der Waals surface area contributed by atoms with Gasteiger partial charge in [0.1, 0.15) is 16.1 Å². The van der Waals surface area contributed by atoms with Gasteiger partial charge in [0, 0.05) is 0 Å². The minimum atomic E-state index is -4.36. The Bertz CT molecular complexity index is 114. The SMILES string of the molecule is O=S(=O)([O-])CO.[Li+]. The quantitative estimate of drug-likeness (QED) is 0.278. The molecular weight excluding hydrogens is 115 g/mol. The van der Waals surface area contributed by atoms with Crippen molar-refractivity contribution in [2.45, 2.75) is 0 Å². The standard InChI is InChI=1S/CH4O4S.Li/c2-1-6(3,4)5;/h2H,1H2,(H,3,4,5);/q;+1/p-1. The van der Waals surface area contributed by atoms with Crippen molar-refractivity contribution in [3.05, 3.63) is 0 Å². The van der Waals surface area contributed by atoms with E-state index in [1.165, 1.54) is 0 Å². The Morgan fingerprint density at radius 3 is 1.71 bits per heavy atom. The molecule has 1 N–H and O–H groups in total. The van der Waals surface area contributed by atoms with Gasteiger partial charge in [0.05, 0.1) is 0 Å². The second kappa shape index (κ2) is 3.47. The summed E-state index contributed by atoms with van der Waals surface area (Å²) < 4.78 is 27.6. The van der Waals surface area contributed by atoms with Crippen LogP contribution in [0.4, 0.5) is 0 Å². The summed E-state index contributed by atoms with van der Waals surface area (Å²) in [5, 5.41) is 7.50. The zero-order valence-electron chi connectivity index (χ0n) is 3.79. The van der Waals surface area contributed by atoms with E-state index in [1.54, 1.807) is 0 Å². The van der Waals surface area contributed by atoms with Crippen LogP contribution in [0.2, 0.25) is 0 Å². The summed E-state index contributed by atoms with van der Waals surface area (Å²) in [5.41, 5.74) is 0. The first kappa shape index (κ1) is 10.4. The Morgan fingerprint density at radius 1 is 1.57 bits per heavy atom. The van der Waals surface area contributed by atoms with Gasteiger partial charge in [-0.2, -0.15) is 0 Å². The third-order valence-corrected chi connectivity index (χ3v) is 0.474. The van der Waals surface area contributed by atoms with Crippen molar-refractivity contribution in [3.63, 3.8) is 0 Å². The fraction of sp³-hybridized carbons (Fsp3) is 1.00. The van der Waals surface area contributed by atoms with E-state index in [2.05, 4.69) is 0 Å². The molecule has 0 saturated carbocycles. The average molecular weight is 118 g/mol.